The molecule has 3 heteroatoms. The normalized spacial score (nSPS) is 31.8. The van der Waals surface area contributed by atoms with E-state index in [0.717, 1.165) is 5.95 Å². The second-order valence-corrected chi connectivity index (χ2v) is 9.73. The third-order valence-corrected chi connectivity index (χ3v) is 3.59. The smallest absolute Gasteiger partial charge is 0.261 e. The van der Waals surface area contributed by atoms with Crippen LogP contribution in [0.4, 0.5) is 0 Å². The SMILES string of the molecule is C[Si](C)(C)OC1=C[C@H]2CCCC[C@@H]2O1. The zero-order chi connectivity index (χ0) is 10.2. The third-order valence-electron chi connectivity index (χ3n) is 2.78. The molecule has 0 N–H and O–H groups in total. The lowest BCUT2D eigenvalue weighted by atomic mass is 9.88. The number of hydrogen-bond acceptors (Lipinski definition) is 2. The van der Waals surface area contributed by atoms with Gasteiger partial charge in [0.2, 0.25) is 8.32 Å². The Morgan fingerprint density at radius 3 is 2.64 bits per heavy atom. The first-order valence-electron chi connectivity index (χ1n) is 5.62. The minimum Gasteiger partial charge on any atom is -0.520 e. The summed E-state index contributed by atoms with van der Waals surface area (Å²) in [4.78, 5) is 0. The third kappa shape index (κ3) is 2.32. The maximum Gasteiger partial charge on any atom is 0.261 e. The fourth-order valence-electron chi connectivity index (χ4n) is 2.19. The van der Waals surface area contributed by atoms with Gasteiger partial charge in [-0.05, 0) is 38.9 Å². The molecule has 0 bridgehead atoms. The predicted octanol–water partition coefficient (Wildman–Crippen LogP) is 3.27. The van der Waals surface area contributed by atoms with E-state index in [1.165, 1.54) is 25.7 Å². The summed E-state index contributed by atoms with van der Waals surface area (Å²) in [6, 6.07) is 0. The van der Waals surface area contributed by atoms with Crippen LogP contribution in [-0.4, -0.2) is 14.4 Å². The molecule has 1 aliphatic heterocycles. The molecule has 1 heterocycles. The number of hydrogen-bond donors (Lipinski definition) is 0. The Morgan fingerprint density at radius 2 is 2.00 bits per heavy atom. The molecule has 0 saturated heterocycles. The van der Waals surface area contributed by atoms with Crippen molar-refractivity contribution in [2.24, 2.45) is 5.92 Å². The van der Waals surface area contributed by atoms with Gasteiger partial charge in [-0.25, -0.2) is 0 Å². The number of fused-ring (bicyclic) bond motifs is 1. The summed E-state index contributed by atoms with van der Waals surface area (Å²) >= 11 is 0. The Bertz CT molecular complexity index is 242. The van der Waals surface area contributed by atoms with Crippen molar-refractivity contribution in [3.63, 3.8) is 0 Å². The van der Waals surface area contributed by atoms with Gasteiger partial charge in [-0.2, -0.15) is 0 Å². The van der Waals surface area contributed by atoms with E-state index in [9.17, 15) is 0 Å². The Kier molecular flexibility index (Phi) is 2.60. The van der Waals surface area contributed by atoms with E-state index in [0.29, 0.717) is 12.0 Å². The lowest BCUT2D eigenvalue weighted by Gasteiger charge is -2.24. The first-order chi connectivity index (χ1) is 6.54. The van der Waals surface area contributed by atoms with Gasteiger partial charge in [-0.3, -0.25) is 0 Å². The largest absolute Gasteiger partial charge is 0.520 e. The molecule has 0 radical (unpaired) electrons. The molecule has 1 fully saturated rings. The fraction of sp³-hybridized carbons (Fsp3) is 0.818. The van der Waals surface area contributed by atoms with Gasteiger partial charge in [0.25, 0.3) is 5.95 Å². The molecule has 2 rings (SSSR count). The van der Waals surface area contributed by atoms with Crippen LogP contribution >= 0.6 is 0 Å². The van der Waals surface area contributed by atoms with Crippen molar-refractivity contribution in [3.05, 3.63) is 12.0 Å². The van der Waals surface area contributed by atoms with Crippen LogP contribution < -0.4 is 0 Å². The summed E-state index contributed by atoms with van der Waals surface area (Å²) in [6.45, 7) is 6.58. The zero-order valence-corrected chi connectivity index (χ0v) is 10.4. The minimum atomic E-state index is -1.48. The van der Waals surface area contributed by atoms with Crippen LogP contribution in [0.3, 0.4) is 0 Å². The molecular formula is C11H20O2Si. The Hall–Kier alpha value is -0.443. The van der Waals surface area contributed by atoms with Gasteiger partial charge in [0.15, 0.2) is 0 Å². The van der Waals surface area contributed by atoms with E-state index in [2.05, 4.69) is 25.7 Å². The molecule has 14 heavy (non-hydrogen) atoms. The molecule has 2 atom stereocenters. The molecule has 0 aromatic rings. The average molecular weight is 212 g/mol. The maximum atomic E-state index is 5.87. The summed E-state index contributed by atoms with van der Waals surface area (Å²) in [5.41, 5.74) is 0. The van der Waals surface area contributed by atoms with Crippen LogP contribution in [0.25, 0.3) is 0 Å². The standard InChI is InChI=1S/C11H20O2Si/c1-14(2,3)13-11-8-9-6-4-5-7-10(9)12-11/h8-10H,4-7H2,1-3H3/t9-,10+/m1/s1. The zero-order valence-electron chi connectivity index (χ0n) is 9.38. The second-order valence-electron chi connectivity index (χ2n) is 5.30. The summed E-state index contributed by atoms with van der Waals surface area (Å²) in [6.07, 6.45) is 7.79. The fourth-order valence-corrected chi connectivity index (χ4v) is 2.91. The quantitative estimate of drug-likeness (QED) is 0.654. The van der Waals surface area contributed by atoms with Crippen molar-refractivity contribution in [1.29, 1.82) is 0 Å². The molecule has 0 spiro atoms. The topological polar surface area (TPSA) is 18.5 Å². The highest BCUT2D eigenvalue weighted by atomic mass is 28.4. The lowest BCUT2D eigenvalue weighted by Crippen LogP contribution is -2.26. The van der Waals surface area contributed by atoms with E-state index in [4.69, 9.17) is 9.16 Å². The number of rotatable bonds is 2. The molecule has 2 aliphatic rings. The van der Waals surface area contributed by atoms with Gasteiger partial charge < -0.3 is 9.16 Å². The van der Waals surface area contributed by atoms with Crippen molar-refractivity contribution >= 4 is 8.32 Å². The van der Waals surface area contributed by atoms with Crippen LogP contribution in [0.2, 0.25) is 19.6 Å². The molecule has 0 amide bonds. The van der Waals surface area contributed by atoms with E-state index in [1.54, 1.807) is 0 Å². The molecule has 1 aliphatic carbocycles. The molecule has 0 aromatic carbocycles. The Balaban J connectivity index is 1.96. The van der Waals surface area contributed by atoms with E-state index < -0.39 is 8.32 Å². The van der Waals surface area contributed by atoms with Crippen molar-refractivity contribution in [3.8, 4) is 0 Å². The molecule has 1 saturated carbocycles. The van der Waals surface area contributed by atoms with Gasteiger partial charge in [-0.15, -0.1) is 0 Å². The van der Waals surface area contributed by atoms with E-state index >= 15 is 0 Å². The molecule has 2 nitrogen and oxygen atoms in total. The van der Waals surface area contributed by atoms with Gasteiger partial charge in [0.1, 0.15) is 6.10 Å². The van der Waals surface area contributed by atoms with Crippen LogP contribution in [0.5, 0.6) is 0 Å². The monoisotopic (exact) mass is 212 g/mol. The van der Waals surface area contributed by atoms with Gasteiger partial charge >= 0.3 is 0 Å². The van der Waals surface area contributed by atoms with Gasteiger partial charge in [0, 0.05) is 12.0 Å². The predicted molar refractivity (Wildman–Crippen MR) is 59.3 cm³/mol. The summed E-state index contributed by atoms with van der Waals surface area (Å²) in [5, 5.41) is 0. The van der Waals surface area contributed by atoms with Crippen LogP contribution in [0.1, 0.15) is 25.7 Å². The summed E-state index contributed by atoms with van der Waals surface area (Å²) < 4.78 is 11.7. The lowest BCUT2D eigenvalue weighted by molar-refractivity contribution is 0.0299. The molecular weight excluding hydrogens is 192 g/mol. The van der Waals surface area contributed by atoms with Crippen LogP contribution in [-0.2, 0) is 9.16 Å². The maximum absolute atomic E-state index is 5.87. The van der Waals surface area contributed by atoms with Gasteiger partial charge in [-0.1, -0.05) is 6.42 Å². The molecule has 0 aromatic heterocycles. The van der Waals surface area contributed by atoms with Crippen LogP contribution in [0.15, 0.2) is 12.0 Å². The first kappa shape index (κ1) is 10.1. The highest BCUT2D eigenvalue weighted by Crippen LogP contribution is 2.36. The van der Waals surface area contributed by atoms with E-state index in [-0.39, 0.29) is 0 Å². The first-order valence-corrected chi connectivity index (χ1v) is 9.03. The average Bonchev–Trinajstić information content (AvgIpc) is 2.42. The summed E-state index contributed by atoms with van der Waals surface area (Å²) in [7, 11) is -1.48. The van der Waals surface area contributed by atoms with Crippen molar-refractivity contribution in [2.45, 2.75) is 51.4 Å². The van der Waals surface area contributed by atoms with Crippen molar-refractivity contribution in [2.75, 3.05) is 0 Å². The summed E-state index contributed by atoms with van der Waals surface area (Å²) in [5.74, 6) is 1.45. The Labute approximate surface area is 87.4 Å². The molecule has 80 valence electrons. The molecule has 0 unspecified atom stereocenters. The minimum absolute atomic E-state index is 0.426. The Morgan fingerprint density at radius 1 is 1.29 bits per heavy atom. The van der Waals surface area contributed by atoms with Crippen molar-refractivity contribution < 1.29 is 9.16 Å². The highest BCUT2D eigenvalue weighted by Gasteiger charge is 2.33. The van der Waals surface area contributed by atoms with Gasteiger partial charge in [0.05, 0.1) is 0 Å². The van der Waals surface area contributed by atoms with Crippen molar-refractivity contribution in [1.82, 2.24) is 0 Å². The highest BCUT2D eigenvalue weighted by molar-refractivity contribution is 6.70. The second kappa shape index (κ2) is 3.61. The number of ether oxygens (including phenoxy) is 1. The van der Waals surface area contributed by atoms with E-state index in [1.807, 2.05) is 0 Å². The van der Waals surface area contributed by atoms with Crippen LogP contribution in [0, 0.1) is 5.92 Å².